The Hall–Kier alpha value is -2.84. The van der Waals surface area contributed by atoms with Gasteiger partial charge in [0.2, 0.25) is 0 Å². The molecule has 0 aliphatic carbocycles. The van der Waals surface area contributed by atoms with E-state index in [4.69, 9.17) is 5.73 Å². The van der Waals surface area contributed by atoms with E-state index >= 15 is 0 Å². The molecule has 0 saturated carbocycles. The summed E-state index contributed by atoms with van der Waals surface area (Å²) >= 11 is 0.794. The minimum atomic E-state index is -1.83. The fourth-order valence-corrected chi connectivity index (χ4v) is 3.63. The molecule has 3 rings (SSSR count). The van der Waals surface area contributed by atoms with E-state index in [1.807, 2.05) is 18.2 Å². The van der Waals surface area contributed by atoms with Gasteiger partial charge in [0.15, 0.2) is 23.3 Å². The van der Waals surface area contributed by atoms with Gasteiger partial charge in [-0.15, -0.1) is 0 Å². The third kappa shape index (κ3) is 5.16. The summed E-state index contributed by atoms with van der Waals surface area (Å²) < 4.78 is 56.3. The first kappa shape index (κ1) is 20.9. The molecule has 0 radical (unpaired) electrons. The fraction of sp³-hybridized carbons (Fsp3) is 0.0952. The summed E-state index contributed by atoms with van der Waals surface area (Å²) in [6.45, 7) is 4.30. The quantitative estimate of drug-likeness (QED) is 0.245. The van der Waals surface area contributed by atoms with Gasteiger partial charge in [-0.25, -0.2) is 21.9 Å². The Balaban J connectivity index is 1.88. The fourth-order valence-electron chi connectivity index (χ4n) is 2.60. The lowest BCUT2D eigenvalue weighted by atomic mass is 10.1. The molecule has 0 unspecified atom stereocenters. The Labute approximate surface area is 170 Å². The van der Waals surface area contributed by atoms with E-state index in [0.29, 0.717) is 24.9 Å². The first-order valence-corrected chi connectivity index (χ1v) is 9.31. The number of halogens is 4. The number of hydrogen-bond acceptors (Lipinski definition) is 4. The zero-order valence-corrected chi connectivity index (χ0v) is 16.0. The molecule has 0 aliphatic rings. The van der Waals surface area contributed by atoms with Gasteiger partial charge in [-0.1, -0.05) is 36.9 Å². The first-order valence-electron chi connectivity index (χ1n) is 8.53. The molecule has 2 N–H and O–H groups in total. The smallest absolute Gasteiger partial charge is 0.198 e. The van der Waals surface area contributed by atoms with Crippen LogP contribution in [0.1, 0.15) is 16.7 Å². The number of aromatic nitrogens is 1. The van der Waals surface area contributed by atoms with Gasteiger partial charge >= 0.3 is 0 Å². The van der Waals surface area contributed by atoms with Crippen molar-refractivity contribution in [1.29, 1.82) is 0 Å². The molecule has 1 aromatic heterocycles. The molecule has 29 heavy (non-hydrogen) atoms. The Kier molecular flexibility index (Phi) is 6.56. The zero-order chi connectivity index (χ0) is 21.0. The van der Waals surface area contributed by atoms with E-state index in [1.54, 1.807) is 34.9 Å². The molecule has 8 heteroatoms. The minimum absolute atomic E-state index is 0.309. The summed E-state index contributed by atoms with van der Waals surface area (Å²) in [5.74, 6) is -6.54. The van der Waals surface area contributed by atoms with Crippen LogP contribution in [0.3, 0.4) is 0 Å². The first-order chi connectivity index (χ1) is 13.8. The van der Waals surface area contributed by atoms with E-state index < -0.39 is 23.3 Å². The van der Waals surface area contributed by atoms with Gasteiger partial charge in [-0.3, -0.25) is 4.98 Å². The second kappa shape index (κ2) is 9.11. The van der Waals surface area contributed by atoms with Crippen LogP contribution in [0.4, 0.5) is 17.6 Å². The van der Waals surface area contributed by atoms with Gasteiger partial charge in [0, 0.05) is 31.2 Å². The summed E-state index contributed by atoms with van der Waals surface area (Å²) in [4.78, 5) is 3.69. The normalized spacial score (nSPS) is 11.1. The molecule has 0 saturated heterocycles. The van der Waals surface area contributed by atoms with Crippen molar-refractivity contribution in [1.82, 2.24) is 9.29 Å². The van der Waals surface area contributed by atoms with E-state index in [1.165, 1.54) is 0 Å². The molecule has 0 bridgehead atoms. The van der Waals surface area contributed by atoms with Gasteiger partial charge in [0.1, 0.15) is 0 Å². The van der Waals surface area contributed by atoms with Crippen molar-refractivity contribution < 1.29 is 17.6 Å². The molecule has 1 heterocycles. The maximum Gasteiger partial charge on any atom is 0.198 e. The van der Waals surface area contributed by atoms with Gasteiger partial charge in [0.05, 0.1) is 4.90 Å². The monoisotopic (exact) mass is 419 g/mol. The van der Waals surface area contributed by atoms with Crippen LogP contribution in [0, 0.1) is 23.3 Å². The van der Waals surface area contributed by atoms with Crippen molar-refractivity contribution in [3.63, 3.8) is 0 Å². The molecule has 0 atom stereocenters. The summed E-state index contributed by atoms with van der Waals surface area (Å²) in [6, 6.07) is 11.5. The molecule has 2 aromatic carbocycles. The van der Waals surface area contributed by atoms with Gasteiger partial charge in [-0.2, -0.15) is 0 Å². The average Bonchev–Trinajstić information content (AvgIpc) is 2.71. The van der Waals surface area contributed by atoms with E-state index in [9.17, 15) is 17.6 Å². The van der Waals surface area contributed by atoms with Crippen molar-refractivity contribution in [3.05, 3.63) is 101 Å². The summed E-state index contributed by atoms with van der Waals surface area (Å²) in [6.07, 6.45) is 3.25. The molecular formula is C21H17F4N3S. The number of benzene rings is 2. The Morgan fingerprint density at radius 3 is 2.28 bits per heavy atom. The summed E-state index contributed by atoms with van der Waals surface area (Å²) in [7, 11) is 0. The maximum absolute atomic E-state index is 14.2. The summed E-state index contributed by atoms with van der Waals surface area (Å²) in [5.41, 5.74) is 8.54. The molecule has 3 nitrogen and oxygen atoms in total. The van der Waals surface area contributed by atoms with E-state index in [-0.39, 0.29) is 4.90 Å². The maximum atomic E-state index is 14.2. The average molecular weight is 419 g/mol. The van der Waals surface area contributed by atoms with E-state index in [2.05, 4.69) is 11.6 Å². The van der Waals surface area contributed by atoms with Gasteiger partial charge < -0.3 is 5.73 Å². The number of pyridine rings is 1. The highest BCUT2D eigenvalue weighted by molar-refractivity contribution is 7.97. The highest BCUT2D eigenvalue weighted by Gasteiger charge is 2.21. The van der Waals surface area contributed by atoms with Crippen LogP contribution in [-0.2, 0) is 13.1 Å². The van der Waals surface area contributed by atoms with Crippen LogP contribution in [-0.4, -0.2) is 9.29 Å². The predicted molar refractivity (Wildman–Crippen MR) is 105 cm³/mol. The molecular weight excluding hydrogens is 402 g/mol. The molecule has 150 valence electrons. The topological polar surface area (TPSA) is 42.1 Å². The van der Waals surface area contributed by atoms with Crippen LogP contribution >= 0.6 is 11.9 Å². The lowest BCUT2D eigenvalue weighted by molar-refractivity contribution is 0.396. The number of nitrogens with two attached hydrogens (primary N) is 1. The third-order valence-electron chi connectivity index (χ3n) is 4.06. The molecule has 3 aromatic rings. The predicted octanol–water partition coefficient (Wildman–Crippen LogP) is 5.28. The highest BCUT2D eigenvalue weighted by Crippen LogP contribution is 2.32. The highest BCUT2D eigenvalue weighted by atomic mass is 32.2. The van der Waals surface area contributed by atoms with Crippen LogP contribution in [0.25, 0.3) is 5.70 Å². The second-order valence-electron chi connectivity index (χ2n) is 6.27. The summed E-state index contributed by atoms with van der Waals surface area (Å²) in [5, 5.41) is 0. The molecule has 0 amide bonds. The molecule has 0 spiro atoms. The number of rotatable bonds is 7. The van der Waals surface area contributed by atoms with Gasteiger partial charge in [-0.05, 0) is 40.8 Å². The van der Waals surface area contributed by atoms with E-state index in [0.717, 1.165) is 28.6 Å². The van der Waals surface area contributed by atoms with Crippen LogP contribution < -0.4 is 5.73 Å². The lowest BCUT2D eigenvalue weighted by Crippen LogP contribution is -2.16. The van der Waals surface area contributed by atoms with Crippen LogP contribution in [0.15, 0.2) is 66.3 Å². The number of nitrogens with zero attached hydrogens (tertiary/aromatic N) is 2. The van der Waals surface area contributed by atoms with Crippen molar-refractivity contribution in [3.8, 4) is 0 Å². The van der Waals surface area contributed by atoms with Gasteiger partial charge in [0.25, 0.3) is 0 Å². The Bertz CT molecular complexity index is 1010. The molecule has 0 aliphatic heterocycles. The van der Waals surface area contributed by atoms with Crippen molar-refractivity contribution in [2.45, 2.75) is 18.0 Å². The largest absolute Gasteiger partial charge is 0.399 e. The van der Waals surface area contributed by atoms with Crippen molar-refractivity contribution in [2.75, 3.05) is 0 Å². The molecule has 0 fully saturated rings. The Morgan fingerprint density at radius 2 is 1.66 bits per heavy atom. The van der Waals surface area contributed by atoms with Crippen LogP contribution in [0.5, 0.6) is 0 Å². The van der Waals surface area contributed by atoms with Crippen LogP contribution in [0.2, 0.25) is 0 Å². The standard InChI is InChI=1S/C21H17F4N3S/c1-13(26)16-6-4-14(5-7-16)11-28(12-15-3-2-8-27-10-15)29-18-9-17(22)19(23)21(25)20(18)24/h2-10H,1,11-12,26H2. The Morgan fingerprint density at radius 1 is 0.966 bits per heavy atom. The number of hydrogen-bond donors (Lipinski definition) is 1. The van der Waals surface area contributed by atoms with Crippen molar-refractivity contribution in [2.24, 2.45) is 5.73 Å². The zero-order valence-electron chi connectivity index (χ0n) is 15.2. The van der Waals surface area contributed by atoms with Crippen molar-refractivity contribution >= 4 is 17.6 Å². The third-order valence-corrected chi connectivity index (χ3v) is 5.07. The SMILES string of the molecule is C=C(N)c1ccc(CN(Cc2cccnc2)Sc2cc(F)c(F)c(F)c2F)cc1. The minimum Gasteiger partial charge on any atom is -0.399 e. The second-order valence-corrected chi connectivity index (χ2v) is 7.41. The lowest BCUT2D eigenvalue weighted by Gasteiger charge is -2.22.